The first-order chi connectivity index (χ1) is 11.1. The molecule has 0 fully saturated rings. The largest absolute Gasteiger partial charge is 0.206 e. The van der Waals surface area contributed by atoms with Crippen molar-refractivity contribution in [2.24, 2.45) is 5.92 Å². The molecule has 2 aromatic rings. The number of benzene rings is 2. The molecule has 0 N–H and O–H groups in total. The van der Waals surface area contributed by atoms with Crippen molar-refractivity contribution in [3.05, 3.63) is 58.9 Å². The standard InChI is InChI=1S/C20H21F3/c1-2-3-4-13-5-6-14-10-17(19(22)12-16(14)9-13)15-7-8-18(21)20(23)11-15/h7-8,10-13H,2-6,9H2,1H3. The Hall–Kier alpha value is -1.77. The summed E-state index contributed by atoms with van der Waals surface area (Å²) in [6.45, 7) is 2.19. The summed E-state index contributed by atoms with van der Waals surface area (Å²) in [7, 11) is 0. The highest BCUT2D eigenvalue weighted by Crippen LogP contribution is 2.34. The van der Waals surface area contributed by atoms with Gasteiger partial charge >= 0.3 is 0 Å². The van der Waals surface area contributed by atoms with Crippen LogP contribution in [0.15, 0.2) is 30.3 Å². The molecule has 23 heavy (non-hydrogen) atoms. The minimum atomic E-state index is -0.945. The van der Waals surface area contributed by atoms with Crippen LogP contribution in [-0.2, 0) is 12.8 Å². The molecular formula is C20H21F3. The lowest BCUT2D eigenvalue weighted by Crippen LogP contribution is -2.15. The molecule has 0 amide bonds. The molecule has 0 aliphatic heterocycles. The van der Waals surface area contributed by atoms with Crippen LogP contribution in [0.3, 0.4) is 0 Å². The van der Waals surface area contributed by atoms with E-state index in [-0.39, 0.29) is 5.82 Å². The van der Waals surface area contributed by atoms with E-state index < -0.39 is 11.6 Å². The van der Waals surface area contributed by atoms with Crippen molar-refractivity contribution in [3.63, 3.8) is 0 Å². The zero-order chi connectivity index (χ0) is 16.4. The van der Waals surface area contributed by atoms with Crippen molar-refractivity contribution in [1.82, 2.24) is 0 Å². The van der Waals surface area contributed by atoms with Crippen LogP contribution in [0.25, 0.3) is 11.1 Å². The van der Waals surface area contributed by atoms with Gasteiger partial charge in [-0.3, -0.25) is 0 Å². The third-order valence-corrected chi connectivity index (χ3v) is 4.82. The molecule has 1 unspecified atom stereocenters. The molecule has 0 spiro atoms. The van der Waals surface area contributed by atoms with Gasteiger partial charge in [-0.2, -0.15) is 0 Å². The van der Waals surface area contributed by atoms with Crippen LogP contribution in [0.1, 0.15) is 43.7 Å². The fraction of sp³-hybridized carbons (Fsp3) is 0.400. The van der Waals surface area contributed by atoms with Crippen LogP contribution in [0, 0.1) is 23.4 Å². The van der Waals surface area contributed by atoms with E-state index in [1.54, 1.807) is 6.07 Å². The van der Waals surface area contributed by atoms with Gasteiger partial charge in [0.15, 0.2) is 11.6 Å². The van der Waals surface area contributed by atoms with Crippen LogP contribution in [0.4, 0.5) is 13.2 Å². The molecule has 0 saturated carbocycles. The highest BCUT2D eigenvalue weighted by atomic mass is 19.2. The maximum absolute atomic E-state index is 14.5. The van der Waals surface area contributed by atoms with Crippen molar-refractivity contribution in [3.8, 4) is 11.1 Å². The minimum Gasteiger partial charge on any atom is -0.206 e. The summed E-state index contributed by atoms with van der Waals surface area (Å²) in [5.41, 5.74) is 2.95. The zero-order valence-corrected chi connectivity index (χ0v) is 13.3. The topological polar surface area (TPSA) is 0 Å². The third kappa shape index (κ3) is 3.44. The minimum absolute atomic E-state index is 0.356. The van der Waals surface area contributed by atoms with Gasteiger partial charge in [0.05, 0.1) is 0 Å². The maximum atomic E-state index is 14.5. The van der Waals surface area contributed by atoms with Crippen LogP contribution in [-0.4, -0.2) is 0 Å². The number of hydrogen-bond donors (Lipinski definition) is 0. The summed E-state index contributed by atoms with van der Waals surface area (Å²) < 4.78 is 40.9. The van der Waals surface area contributed by atoms with Gasteiger partial charge < -0.3 is 0 Å². The van der Waals surface area contributed by atoms with Crippen LogP contribution in [0.5, 0.6) is 0 Å². The summed E-state index contributed by atoms with van der Waals surface area (Å²) in [5, 5.41) is 0. The van der Waals surface area contributed by atoms with Gasteiger partial charge in [0.25, 0.3) is 0 Å². The average molecular weight is 318 g/mol. The number of unbranched alkanes of at least 4 members (excludes halogenated alkanes) is 1. The summed E-state index contributed by atoms with van der Waals surface area (Å²) >= 11 is 0. The molecule has 3 heteroatoms. The first kappa shape index (κ1) is 16.1. The van der Waals surface area contributed by atoms with Gasteiger partial charge in [0.2, 0.25) is 0 Å². The van der Waals surface area contributed by atoms with Gasteiger partial charge in [-0.05, 0) is 66.1 Å². The first-order valence-electron chi connectivity index (χ1n) is 8.35. The Balaban J connectivity index is 1.89. The molecule has 3 rings (SSSR count). The Bertz CT molecular complexity index is 706. The van der Waals surface area contributed by atoms with E-state index in [4.69, 9.17) is 0 Å². The van der Waals surface area contributed by atoms with Gasteiger partial charge in [-0.25, -0.2) is 13.2 Å². The zero-order valence-electron chi connectivity index (χ0n) is 13.3. The molecule has 0 nitrogen and oxygen atoms in total. The smallest absolute Gasteiger partial charge is 0.159 e. The summed E-state index contributed by atoms with van der Waals surface area (Å²) in [4.78, 5) is 0. The van der Waals surface area contributed by atoms with Crippen molar-refractivity contribution in [2.75, 3.05) is 0 Å². The monoisotopic (exact) mass is 318 g/mol. The normalized spacial score (nSPS) is 17.1. The fourth-order valence-corrected chi connectivity index (χ4v) is 3.48. The molecule has 2 aromatic carbocycles. The van der Waals surface area contributed by atoms with Gasteiger partial charge in [-0.1, -0.05) is 32.3 Å². The number of hydrogen-bond acceptors (Lipinski definition) is 0. The second kappa shape index (κ2) is 6.77. The van der Waals surface area contributed by atoms with Crippen LogP contribution < -0.4 is 0 Å². The van der Waals surface area contributed by atoms with E-state index in [0.717, 1.165) is 42.5 Å². The second-order valence-electron chi connectivity index (χ2n) is 6.48. The SMILES string of the molecule is CCCCC1CCc2cc(-c3ccc(F)c(F)c3)c(F)cc2C1. The van der Waals surface area contributed by atoms with E-state index in [1.165, 1.54) is 25.3 Å². The first-order valence-corrected chi connectivity index (χ1v) is 8.35. The van der Waals surface area contributed by atoms with Crippen LogP contribution in [0.2, 0.25) is 0 Å². The predicted octanol–water partition coefficient (Wildman–Crippen LogP) is 6.07. The molecule has 0 radical (unpaired) electrons. The molecule has 0 saturated heterocycles. The van der Waals surface area contributed by atoms with Crippen molar-refractivity contribution in [1.29, 1.82) is 0 Å². The van der Waals surface area contributed by atoms with Crippen LogP contribution >= 0.6 is 0 Å². The molecule has 0 bridgehead atoms. The number of rotatable bonds is 4. The molecule has 1 aliphatic carbocycles. The van der Waals surface area contributed by atoms with Gasteiger partial charge in [0, 0.05) is 5.56 Å². The van der Waals surface area contributed by atoms with Crippen molar-refractivity contribution < 1.29 is 13.2 Å². The third-order valence-electron chi connectivity index (χ3n) is 4.82. The molecule has 0 heterocycles. The maximum Gasteiger partial charge on any atom is 0.159 e. The van der Waals surface area contributed by atoms with E-state index in [1.807, 2.05) is 6.07 Å². The van der Waals surface area contributed by atoms with Gasteiger partial charge in [0.1, 0.15) is 5.82 Å². The molecule has 1 atom stereocenters. The van der Waals surface area contributed by atoms with E-state index in [2.05, 4.69) is 6.92 Å². The Morgan fingerprint density at radius 1 is 0.957 bits per heavy atom. The quantitative estimate of drug-likeness (QED) is 0.642. The number of halogens is 3. The molecular weight excluding hydrogens is 297 g/mol. The number of fused-ring (bicyclic) bond motifs is 1. The Morgan fingerprint density at radius 2 is 1.78 bits per heavy atom. The molecule has 1 aliphatic rings. The lowest BCUT2D eigenvalue weighted by molar-refractivity contribution is 0.411. The lowest BCUT2D eigenvalue weighted by atomic mass is 9.80. The Kier molecular flexibility index (Phi) is 4.74. The highest BCUT2D eigenvalue weighted by molar-refractivity contribution is 5.66. The van der Waals surface area contributed by atoms with Gasteiger partial charge in [-0.15, -0.1) is 0 Å². The second-order valence-corrected chi connectivity index (χ2v) is 6.48. The molecule has 122 valence electrons. The number of aryl methyl sites for hydroxylation is 1. The molecule has 0 aromatic heterocycles. The van der Waals surface area contributed by atoms with E-state index >= 15 is 0 Å². The van der Waals surface area contributed by atoms with Crippen molar-refractivity contribution >= 4 is 0 Å². The van der Waals surface area contributed by atoms with E-state index in [0.29, 0.717) is 17.0 Å². The average Bonchev–Trinajstić information content (AvgIpc) is 2.54. The Morgan fingerprint density at radius 3 is 2.52 bits per heavy atom. The Labute approximate surface area is 135 Å². The van der Waals surface area contributed by atoms with Crippen molar-refractivity contribution in [2.45, 2.75) is 45.4 Å². The predicted molar refractivity (Wildman–Crippen MR) is 86.8 cm³/mol. The van der Waals surface area contributed by atoms with E-state index in [9.17, 15) is 13.2 Å². The fourth-order valence-electron chi connectivity index (χ4n) is 3.48. The lowest BCUT2D eigenvalue weighted by Gasteiger charge is -2.25. The summed E-state index contributed by atoms with van der Waals surface area (Å²) in [6.07, 6.45) is 6.57. The summed E-state index contributed by atoms with van der Waals surface area (Å²) in [6, 6.07) is 6.94. The highest BCUT2D eigenvalue weighted by Gasteiger charge is 2.21. The summed E-state index contributed by atoms with van der Waals surface area (Å²) in [5.74, 6) is -1.58.